The van der Waals surface area contributed by atoms with Gasteiger partial charge >= 0.3 is 5.97 Å². The lowest BCUT2D eigenvalue weighted by Gasteiger charge is -2.00. The number of aromatic nitrogens is 2. The average molecular weight is 319 g/mol. The van der Waals surface area contributed by atoms with Crippen molar-refractivity contribution in [2.75, 3.05) is 0 Å². The van der Waals surface area contributed by atoms with E-state index in [-0.39, 0.29) is 5.56 Å². The van der Waals surface area contributed by atoms with Crippen LogP contribution in [-0.4, -0.2) is 16.1 Å². The van der Waals surface area contributed by atoms with Crippen molar-refractivity contribution in [2.24, 2.45) is 0 Å². The Morgan fingerprint density at radius 3 is 2.73 bits per heavy atom. The number of rotatable bonds is 2. The standard InChI is InChI=1S/C9H10N2O.C7H5ClO2/c1-2-7-6-10-9-8(7)4-3-5-11(9)12;8-6-3-1-2-5(4-6)7(9)10/h3-6,10H,2H2,1H3;1-4H,(H,9,10). The highest BCUT2D eigenvalue weighted by Gasteiger charge is 2.07. The van der Waals surface area contributed by atoms with Crippen molar-refractivity contribution in [3.63, 3.8) is 0 Å². The summed E-state index contributed by atoms with van der Waals surface area (Å²) in [7, 11) is 0. The zero-order valence-electron chi connectivity index (χ0n) is 11.9. The van der Waals surface area contributed by atoms with E-state index in [4.69, 9.17) is 16.7 Å². The Morgan fingerprint density at radius 2 is 2.14 bits per heavy atom. The molecule has 0 radical (unpaired) electrons. The van der Waals surface area contributed by atoms with E-state index >= 15 is 0 Å². The van der Waals surface area contributed by atoms with Crippen LogP contribution in [0.15, 0.2) is 48.8 Å². The molecule has 114 valence electrons. The molecule has 0 aliphatic rings. The lowest BCUT2D eigenvalue weighted by Crippen LogP contribution is -2.25. The number of benzene rings is 1. The maximum atomic E-state index is 11.2. The minimum Gasteiger partial charge on any atom is -0.711 e. The molecule has 0 saturated heterocycles. The summed E-state index contributed by atoms with van der Waals surface area (Å²) < 4.78 is 0.856. The van der Waals surface area contributed by atoms with Gasteiger partial charge < -0.3 is 10.3 Å². The van der Waals surface area contributed by atoms with E-state index in [1.54, 1.807) is 18.2 Å². The molecule has 5 nitrogen and oxygen atoms in total. The fraction of sp³-hybridized carbons (Fsp3) is 0.125. The van der Waals surface area contributed by atoms with Gasteiger partial charge in [-0.25, -0.2) is 14.5 Å². The molecule has 2 heterocycles. The van der Waals surface area contributed by atoms with Gasteiger partial charge in [-0.05, 0) is 36.8 Å². The van der Waals surface area contributed by atoms with Crippen LogP contribution in [0.3, 0.4) is 0 Å². The molecule has 0 saturated carbocycles. The molecule has 0 bridgehead atoms. The van der Waals surface area contributed by atoms with Crippen LogP contribution in [0.2, 0.25) is 5.02 Å². The highest BCUT2D eigenvalue weighted by molar-refractivity contribution is 6.30. The van der Waals surface area contributed by atoms with Crippen molar-refractivity contribution >= 4 is 28.6 Å². The van der Waals surface area contributed by atoms with Crippen molar-refractivity contribution in [3.8, 4) is 0 Å². The van der Waals surface area contributed by atoms with Crippen LogP contribution in [0.4, 0.5) is 0 Å². The SMILES string of the molecule is CCc1c[nH]c2c1ccc[n+]2[O-].O=C(O)c1cccc(Cl)c1. The molecule has 2 aromatic heterocycles. The number of hydrogen-bond donors (Lipinski definition) is 2. The quantitative estimate of drug-likeness (QED) is 0.561. The van der Waals surface area contributed by atoms with Gasteiger partial charge in [-0.15, -0.1) is 0 Å². The first-order valence-electron chi connectivity index (χ1n) is 6.70. The molecular formula is C16H15ClN2O3. The van der Waals surface area contributed by atoms with Crippen molar-refractivity contribution in [1.29, 1.82) is 0 Å². The summed E-state index contributed by atoms with van der Waals surface area (Å²) in [5, 5.41) is 21.1. The third-order valence-corrected chi connectivity index (χ3v) is 3.38. The number of pyridine rings is 1. The van der Waals surface area contributed by atoms with Gasteiger partial charge in [0.25, 0.3) is 5.65 Å². The number of nitrogens with one attached hydrogen (secondary N) is 1. The van der Waals surface area contributed by atoms with E-state index in [9.17, 15) is 10.0 Å². The Balaban J connectivity index is 0.000000164. The zero-order valence-corrected chi connectivity index (χ0v) is 12.7. The van der Waals surface area contributed by atoms with Crippen LogP contribution in [0, 0.1) is 5.21 Å². The first-order chi connectivity index (χ1) is 10.5. The van der Waals surface area contributed by atoms with Gasteiger partial charge in [0.2, 0.25) is 0 Å². The molecule has 0 aliphatic heterocycles. The molecule has 22 heavy (non-hydrogen) atoms. The maximum absolute atomic E-state index is 11.2. The fourth-order valence-electron chi connectivity index (χ4n) is 2.04. The minimum atomic E-state index is -0.956. The predicted molar refractivity (Wildman–Crippen MR) is 85.0 cm³/mol. The number of carbonyl (C=O) groups is 1. The molecule has 3 rings (SSSR count). The average Bonchev–Trinajstić information content (AvgIpc) is 2.92. The summed E-state index contributed by atoms with van der Waals surface area (Å²) in [4.78, 5) is 13.3. The van der Waals surface area contributed by atoms with Crippen LogP contribution in [-0.2, 0) is 6.42 Å². The topological polar surface area (TPSA) is 80.0 Å². The van der Waals surface area contributed by atoms with E-state index in [2.05, 4.69) is 11.9 Å². The number of aromatic amines is 1. The molecule has 0 spiro atoms. The van der Waals surface area contributed by atoms with Crippen LogP contribution in [0.1, 0.15) is 22.8 Å². The van der Waals surface area contributed by atoms with Gasteiger partial charge in [-0.3, -0.25) is 0 Å². The Labute approximate surface area is 132 Å². The van der Waals surface area contributed by atoms with Crippen molar-refractivity contribution in [1.82, 2.24) is 4.98 Å². The third-order valence-electron chi connectivity index (χ3n) is 3.14. The number of nitrogens with zero attached hydrogens (tertiary/aromatic N) is 1. The number of hydrogen-bond acceptors (Lipinski definition) is 2. The van der Waals surface area contributed by atoms with Crippen LogP contribution >= 0.6 is 11.6 Å². The third kappa shape index (κ3) is 3.56. The van der Waals surface area contributed by atoms with Gasteiger partial charge in [0.05, 0.1) is 23.3 Å². The molecule has 2 N–H and O–H groups in total. The maximum Gasteiger partial charge on any atom is 0.335 e. The second kappa shape index (κ2) is 6.95. The van der Waals surface area contributed by atoms with Crippen LogP contribution < -0.4 is 4.73 Å². The molecule has 0 fully saturated rings. The van der Waals surface area contributed by atoms with E-state index in [1.165, 1.54) is 23.9 Å². The van der Waals surface area contributed by atoms with Gasteiger partial charge in [0.15, 0.2) is 0 Å². The number of carboxylic acids is 1. The highest BCUT2D eigenvalue weighted by atomic mass is 35.5. The molecule has 1 aromatic carbocycles. The van der Waals surface area contributed by atoms with E-state index in [1.807, 2.05) is 12.3 Å². The van der Waals surface area contributed by atoms with Crippen molar-refractivity contribution < 1.29 is 14.6 Å². The zero-order chi connectivity index (χ0) is 16.1. The Kier molecular flexibility index (Phi) is 5.01. The van der Waals surface area contributed by atoms with Gasteiger partial charge in [0.1, 0.15) is 0 Å². The monoisotopic (exact) mass is 318 g/mol. The summed E-state index contributed by atoms with van der Waals surface area (Å²) >= 11 is 5.53. The van der Waals surface area contributed by atoms with Gasteiger partial charge in [-0.2, -0.15) is 0 Å². The first-order valence-corrected chi connectivity index (χ1v) is 7.07. The molecule has 0 atom stereocenters. The van der Waals surface area contributed by atoms with Crippen LogP contribution in [0.5, 0.6) is 0 Å². The summed E-state index contributed by atoms with van der Waals surface area (Å²) in [6, 6.07) is 9.86. The van der Waals surface area contributed by atoms with Crippen LogP contribution in [0.25, 0.3) is 11.0 Å². The normalized spacial score (nSPS) is 10.1. The predicted octanol–water partition coefficient (Wildman–Crippen LogP) is 3.40. The van der Waals surface area contributed by atoms with Gasteiger partial charge in [0, 0.05) is 10.6 Å². The highest BCUT2D eigenvalue weighted by Crippen LogP contribution is 2.14. The Morgan fingerprint density at radius 1 is 1.36 bits per heavy atom. The second-order valence-corrected chi connectivity index (χ2v) is 5.02. The number of aromatic carboxylic acids is 1. The van der Waals surface area contributed by atoms with Gasteiger partial charge in [-0.1, -0.05) is 24.6 Å². The molecule has 0 amide bonds. The number of halogens is 1. The lowest BCUT2D eigenvalue weighted by atomic mass is 10.2. The summed E-state index contributed by atoms with van der Waals surface area (Å²) in [6.45, 7) is 2.07. The smallest absolute Gasteiger partial charge is 0.335 e. The minimum absolute atomic E-state index is 0.215. The lowest BCUT2D eigenvalue weighted by molar-refractivity contribution is -0.579. The van der Waals surface area contributed by atoms with E-state index in [0.717, 1.165) is 16.5 Å². The molecule has 6 heteroatoms. The number of carboxylic acid groups (broad SMARTS) is 1. The molecule has 3 aromatic rings. The van der Waals surface area contributed by atoms with Crippen molar-refractivity contribution in [3.05, 3.63) is 70.1 Å². The Hall–Kier alpha value is -2.53. The van der Waals surface area contributed by atoms with E-state index < -0.39 is 5.97 Å². The number of aryl methyl sites for hydroxylation is 1. The molecule has 0 aliphatic carbocycles. The molecule has 0 unspecified atom stereocenters. The second-order valence-electron chi connectivity index (χ2n) is 4.58. The first kappa shape index (κ1) is 15.9. The fourth-order valence-corrected chi connectivity index (χ4v) is 2.23. The molecular weight excluding hydrogens is 304 g/mol. The number of H-pyrrole nitrogens is 1. The largest absolute Gasteiger partial charge is 0.711 e. The van der Waals surface area contributed by atoms with E-state index in [0.29, 0.717) is 10.7 Å². The van der Waals surface area contributed by atoms with Crippen molar-refractivity contribution in [2.45, 2.75) is 13.3 Å². The Bertz CT molecular complexity index is 799. The number of fused-ring (bicyclic) bond motifs is 1. The summed E-state index contributed by atoms with van der Waals surface area (Å²) in [5.74, 6) is -0.956. The summed E-state index contributed by atoms with van der Waals surface area (Å²) in [5.41, 5.74) is 2.05. The summed E-state index contributed by atoms with van der Waals surface area (Å²) in [6.07, 6.45) is 4.33.